The van der Waals surface area contributed by atoms with E-state index in [9.17, 15) is 10.1 Å². The zero-order valence-electron chi connectivity index (χ0n) is 11.3. The minimum Gasteiger partial charge on any atom is -0.378 e. The maximum Gasteiger partial charge on any atom is 0.269 e. The summed E-state index contributed by atoms with van der Waals surface area (Å²) < 4.78 is 0. The summed E-state index contributed by atoms with van der Waals surface area (Å²) >= 11 is 5.99. The molecule has 0 amide bonds. The van der Waals surface area contributed by atoms with Crippen LogP contribution in [0.25, 0.3) is 0 Å². The van der Waals surface area contributed by atoms with Crippen LogP contribution in [0.2, 0.25) is 5.02 Å². The van der Waals surface area contributed by atoms with Crippen LogP contribution in [0.5, 0.6) is 0 Å². The fourth-order valence-electron chi connectivity index (χ4n) is 1.95. The number of anilines is 1. The number of nitro benzene ring substituents is 1. The van der Waals surface area contributed by atoms with Crippen LogP contribution in [0.1, 0.15) is 24.1 Å². The van der Waals surface area contributed by atoms with E-state index in [-0.39, 0.29) is 11.7 Å². The standard InChI is InChI=1S/C15H15ClN2O2/c1-10-3-6-13(16)9-15(10)17-11(2)12-4-7-14(8-5-12)18(19)20/h3-9,11,17H,1-2H3. The van der Waals surface area contributed by atoms with Crippen molar-refractivity contribution in [3.8, 4) is 0 Å². The minimum atomic E-state index is -0.400. The first kappa shape index (κ1) is 14.3. The fourth-order valence-corrected chi connectivity index (χ4v) is 2.12. The van der Waals surface area contributed by atoms with Crippen LogP contribution in [0.3, 0.4) is 0 Å². The number of halogens is 1. The zero-order chi connectivity index (χ0) is 14.7. The van der Waals surface area contributed by atoms with Crippen molar-refractivity contribution in [1.29, 1.82) is 0 Å². The quantitative estimate of drug-likeness (QED) is 0.654. The number of benzene rings is 2. The maximum atomic E-state index is 10.6. The number of non-ortho nitro benzene ring substituents is 1. The van der Waals surface area contributed by atoms with Crippen LogP contribution in [-0.4, -0.2) is 4.92 Å². The highest BCUT2D eigenvalue weighted by Gasteiger charge is 2.10. The molecule has 20 heavy (non-hydrogen) atoms. The normalized spacial score (nSPS) is 11.9. The van der Waals surface area contributed by atoms with Gasteiger partial charge in [-0.25, -0.2) is 0 Å². The first-order valence-electron chi connectivity index (χ1n) is 6.24. The first-order valence-corrected chi connectivity index (χ1v) is 6.62. The van der Waals surface area contributed by atoms with Crippen LogP contribution in [0, 0.1) is 17.0 Å². The van der Waals surface area contributed by atoms with Crippen LogP contribution in [0.4, 0.5) is 11.4 Å². The average molecular weight is 291 g/mol. The van der Waals surface area contributed by atoms with E-state index >= 15 is 0 Å². The van der Waals surface area contributed by atoms with Gasteiger partial charge in [0.25, 0.3) is 5.69 Å². The van der Waals surface area contributed by atoms with Crippen LogP contribution in [-0.2, 0) is 0 Å². The molecule has 0 spiro atoms. The second kappa shape index (κ2) is 5.92. The van der Waals surface area contributed by atoms with Gasteiger partial charge in [-0.2, -0.15) is 0 Å². The van der Waals surface area contributed by atoms with Crippen molar-refractivity contribution in [1.82, 2.24) is 0 Å². The molecule has 5 heteroatoms. The topological polar surface area (TPSA) is 55.2 Å². The van der Waals surface area contributed by atoms with Crippen molar-refractivity contribution in [2.45, 2.75) is 19.9 Å². The van der Waals surface area contributed by atoms with Crippen molar-refractivity contribution in [2.24, 2.45) is 0 Å². The van der Waals surface area contributed by atoms with Crippen molar-refractivity contribution in [3.05, 3.63) is 68.7 Å². The van der Waals surface area contributed by atoms with Crippen LogP contribution in [0.15, 0.2) is 42.5 Å². The SMILES string of the molecule is Cc1ccc(Cl)cc1NC(C)c1ccc([N+](=O)[O-])cc1. The van der Waals surface area contributed by atoms with Gasteiger partial charge in [-0.05, 0) is 37.1 Å². The summed E-state index contributed by atoms with van der Waals surface area (Å²) in [5.41, 5.74) is 3.14. The molecule has 0 aliphatic heterocycles. The molecule has 0 aliphatic carbocycles. The Morgan fingerprint density at radius 2 is 1.85 bits per heavy atom. The molecule has 0 fully saturated rings. The Balaban J connectivity index is 2.17. The summed E-state index contributed by atoms with van der Waals surface area (Å²) in [4.78, 5) is 10.2. The third kappa shape index (κ3) is 3.27. The largest absolute Gasteiger partial charge is 0.378 e. The first-order chi connectivity index (χ1) is 9.47. The Morgan fingerprint density at radius 3 is 2.45 bits per heavy atom. The van der Waals surface area contributed by atoms with E-state index in [1.54, 1.807) is 12.1 Å². The van der Waals surface area contributed by atoms with Gasteiger partial charge < -0.3 is 5.32 Å². The van der Waals surface area contributed by atoms with E-state index < -0.39 is 4.92 Å². The summed E-state index contributed by atoms with van der Waals surface area (Å²) in [6.07, 6.45) is 0. The number of nitrogens with one attached hydrogen (secondary N) is 1. The smallest absolute Gasteiger partial charge is 0.269 e. The second-order valence-corrected chi connectivity index (χ2v) is 5.11. The monoisotopic (exact) mass is 290 g/mol. The van der Waals surface area contributed by atoms with Gasteiger partial charge in [0.15, 0.2) is 0 Å². The highest BCUT2D eigenvalue weighted by molar-refractivity contribution is 6.30. The van der Waals surface area contributed by atoms with E-state index in [4.69, 9.17) is 11.6 Å². The summed E-state index contributed by atoms with van der Waals surface area (Å²) in [5, 5.41) is 14.7. The second-order valence-electron chi connectivity index (χ2n) is 4.67. The van der Waals surface area contributed by atoms with E-state index in [1.165, 1.54) is 12.1 Å². The molecule has 0 radical (unpaired) electrons. The lowest BCUT2D eigenvalue weighted by molar-refractivity contribution is -0.384. The van der Waals surface area contributed by atoms with Crippen molar-refractivity contribution in [2.75, 3.05) is 5.32 Å². The molecule has 0 saturated carbocycles. The van der Waals surface area contributed by atoms with Gasteiger partial charge in [0.1, 0.15) is 0 Å². The number of nitrogens with zero attached hydrogens (tertiary/aromatic N) is 1. The summed E-state index contributed by atoms with van der Waals surface area (Å²) in [6.45, 7) is 4.00. The molecule has 1 unspecified atom stereocenters. The van der Waals surface area contributed by atoms with Gasteiger partial charge in [0.05, 0.1) is 4.92 Å². The lowest BCUT2D eigenvalue weighted by Crippen LogP contribution is -2.07. The molecule has 0 aromatic heterocycles. The molecule has 2 rings (SSSR count). The lowest BCUT2D eigenvalue weighted by Gasteiger charge is -2.17. The molecule has 104 valence electrons. The number of aryl methyl sites for hydroxylation is 1. The van der Waals surface area contributed by atoms with Crippen molar-refractivity contribution >= 4 is 23.0 Å². The molecular weight excluding hydrogens is 276 g/mol. The van der Waals surface area contributed by atoms with Gasteiger partial charge in [0.2, 0.25) is 0 Å². The predicted octanol–water partition coefficient (Wildman–Crippen LogP) is 4.73. The van der Waals surface area contributed by atoms with E-state index in [1.807, 2.05) is 32.0 Å². The molecule has 0 bridgehead atoms. The number of rotatable bonds is 4. The molecular formula is C15H15ClN2O2. The zero-order valence-corrected chi connectivity index (χ0v) is 12.0. The minimum absolute atomic E-state index is 0.0352. The molecule has 1 N–H and O–H groups in total. The number of hydrogen-bond acceptors (Lipinski definition) is 3. The van der Waals surface area contributed by atoms with E-state index in [0.717, 1.165) is 16.8 Å². The fraction of sp³-hybridized carbons (Fsp3) is 0.200. The van der Waals surface area contributed by atoms with Crippen molar-refractivity contribution in [3.63, 3.8) is 0 Å². The Labute approximate surface area is 122 Å². The van der Waals surface area contributed by atoms with Gasteiger partial charge in [-0.15, -0.1) is 0 Å². The number of hydrogen-bond donors (Lipinski definition) is 1. The van der Waals surface area contributed by atoms with Gasteiger partial charge in [-0.3, -0.25) is 10.1 Å². The van der Waals surface area contributed by atoms with Crippen LogP contribution >= 0.6 is 11.6 Å². The summed E-state index contributed by atoms with van der Waals surface area (Å²) in [6, 6.07) is 12.3. The Hall–Kier alpha value is -2.07. The molecule has 1 atom stereocenters. The molecule has 0 aliphatic rings. The van der Waals surface area contributed by atoms with E-state index in [2.05, 4.69) is 5.32 Å². The molecule has 0 heterocycles. The predicted molar refractivity (Wildman–Crippen MR) is 81.3 cm³/mol. The average Bonchev–Trinajstić information content (AvgIpc) is 2.43. The Morgan fingerprint density at radius 1 is 1.20 bits per heavy atom. The maximum absolute atomic E-state index is 10.6. The van der Waals surface area contributed by atoms with Gasteiger partial charge >= 0.3 is 0 Å². The van der Waals surface area contributed by atoms with Crippen molar-refractivity contribution < 1.29 is 4.92 Å². The summed E-state index contributed by atoms with van der Waals surface area (Å²) in [5.74, 6) is 0. The number of nitro groups is 1. The Kier molecular flexibility index (Phi) is 4.25. The molecule has 2 aromatic rings. The lowest BCUT2D eigenvalue weighted by atomic mass is 10.1. The van der Waals surface area contributed by atoms with Gasteiger partial charge in [0, 0.05) is 28.9 Å². The highest BCUT2D eigenvalue weighted by atomic mass is 35.5. The van der Waals surface area contributed by atoms with Gasteiger partial charge in [-0.1, -0.05) is 29.8 Å². The van der Waals surface area contributed by atoms with Crippen LogP contribution < -0.4 is 5.32 Å². The third-order valence-corrected chi connectivity index (χ3v) is 3.41. The Bertz CT molecular complexity index is 626. The third-order valence-electron chi connectivity index (χ3n) is 3.18. The molecule has 4 nitrogen and oxygen atoms in total. The molecule has 0 saturated heterocycles. The summed E-state index contributed by atoms with van der Waals surface area (Å²) in [7, 11) is 0. The highest BCUT2D eigenvalue weighted by Crippen LogP contribution is 2.26. The van der Waals surface area contributed by atoms with E-state index in [0.29, 0.717) is 5.02 Å². The molecule has 2 aromatic carbocycles.